The average molecular weight is 247 g/mol. The van der Waals surface area contributed by atoms with Crippen LogP contribution in [0.25, 0.3) is 5.65 Å². The maximum atomic E-state index is 11.7. The Morgan fingerprint density at radius 2 is 2.17 bits per heavy atom. The summed E-state index contributed by atoms with van der Waals surface area (Å²) in [4.78, 5) is 12.9. The quantitative estimate of drug-likeness (QED) is 0.672. The van der Waals surface area contributed by atoms with Crippen LogP contribution in [0.3, 0.4) is 0 Å². The van der Waals surface area contributed by atoms with E-state index >= 15 is 0 Å². The molecule has 1 aliphatic heterocycles. The Hall–Kier alpha value is -2.78. The van der Waals surface area contributed by atoms with Crippen molar-refractivity contribution in [1.29, 1.82) is 0 Å². The highest BCUT2D eigenvalue weighted by Crippen LogP contribution is 2.17. The number of rotatable bonds is 1. The topological polar surface area (TPSA) is 112 Å². The van der Waals surface area contributed by atoms with Crippen LogP contribution in [0.5, 0.6) is 0 Å². The number of amides is 1. The summed E-state index contributed by atoms with van der Waals surface area (Å²) in [6.07, 6.45) is 0. The molecular weight excluding hydrogens is 240 g/mol. The first-order valence-corrected chi connectivity index (χ1v) is 4.89. The lowest BCUT2D eigenvalue weighted by molar-refractivity contribution is -0.114. The Balaban J connectivity index is 2.03. The number of aliphatic hydroxyl groups excluding tert-OH is 1. The fourth-order valence-corrected chi connectivity index (χ4v) is 1.48. The summed E-state index contributed by atoms with van der Waals surface area (Å²) in [6.45, 7) is 1.39. The van der Waals surface area contributed by atoms with Gasteiger partial charge in [0.05, 0.1) is 0 Å². The van der Waals surface area contributed by atoms with Crippen molar-refractivity contribution in [1.82, 2.24) is 30.3 Å². The summed E-state index contributed by atoms with van der Waals surface area (Å²) in [5.74, 6) is -1.01. The molecule has 0 aromatic carbocycles. The van der Waals surface area contributed by atoms with Crippen LogP contribution in [0.15, 0.2) is 17.2 Å². The lowest BCUT2D eigenvalue weighted by Gasteiger charge is -2.27. The zero-order valence-corrected chi connectivity index (χ0v) is 9.17. The van der Waals surface area contributed by atoms with Gasteiger partial charge in [-0.1, -0.05) is 0 Å². The van der Waals surface area contributed by atoms with Crippen molar-refractivity contribution < 1.29 is 9.90 Å². The Morgan fingerprint density at radius 1 is 1.33 bits per heavy atom. The molecule has 0 aliphatic carbocycles. The predicted octanol–water partition coefficient (Wildman–Crippen LogP) is -1.21. The zero-order chi connectivity index (χ0) is 12.7. The van der Waals surface area contributed by atoms with Crippen molar-refractivity contribution in [3.05, 3.63) is 18.8 Å². The van der Waals surface area contributed by atoms with Gasteiger partial charge in [-0.2, -0.15) is 0 Å². The summed E-state index contributed by atoms with van der Waals surface area (Å²) >= 11 is 0. The number of aromatic nitrogens is 5. The Kier molecular flexibility index (Phi) is 2.08. The van der Waals surface area contributed by atoms with Gasteiger partial charge in [-0.3, -0.25) is 14.7 Å². The minimum Gasteiger partial charge on any atom is -0.488 e. The number of carbonyl (C=O) groups excluding carboxylic acids is 1. The summed E-state index contributed by atoms with van der Waals surface area (Å²) in [6, 6.07) is 3.17. The number of hydrogen-bond acceptors (Lipinski definition) is 7. The van der Waals surface area contributed by atoms with E-state index in [2.05, 4.69) is 25.7 Å². The van der Waals surface area contributed by atoms with Crippen LogP contribution in [-0.2, 0) is 4.79 Å². The van der Waals surface area contributed by atoms with E-state index < -0.39 is 11.8 Å². The van der Waals surface area contributed by atoms with E-state index in [0.29, 0.717) is 5.65 Å². The van der Waals surface area contributed by atoms with E-state index in [1.807, 2.05) is 0 Å². The van der Waals surface area contributed by atoms with Crippen molar-refractivity contribution >= 4 is 23.3 Å². The van der Waals surface area contributed by atoms with Crippen molar-refractivity contribution in [3.63, 3.8) is 0 Å². The molecule has 2 aromatic rings. The Morgan fingerprint density at radius 3 is 3.00 bits per heavy atom. The predicted molar refractivity (Wildman–Crippen MR) is 58.2 cm³/mol. The van der Waals surface area contributed by atoms with Crippen LogP contribution in [-0.4, -0.2) is 54.2 Å². The molecule has 1 aliphatic rings. The normalized spacial score (nSPS) is 16.3. The minimum atomic E-state index is -0.673. The molecule has 1 radical (unpaired) electrons. The second-order valence-electron chi connectivity index (χ2n) is 3.51. The molecular formula is C8H7N8O2. The number of aliphatic hydroxyl groups is 1. The highest BCUT2D eigenvalue weighted by molar-refractivity contribution is 6.40. The average Bonchev–Trinajstić information content (AvgIpc) is 2.80. The molecule has 10 heteroatoms. The van der Waals surface area contributed by atoms with Gasteiger partial charge in [0, 0.05) is 7.05 Å². The Bertz CT molecular complexity index is 649. The molecule has 0 bridgehead atoms. The van der Waals surface area contributed by atoms with Gasteiger partial charge >= 0.3 is 5.91 Å². The fraction of sp³-hybridized carbons (Fsp3) is 0.125. The zero-order valence-electron chi connectivity index (χ0n) is 9.17. The minimum absolute atomic E-state index is 0.271. The fourth-order valence-electron chi connectivity index (χ4n) is 1.48. The molecule has 0 saturated heterocycles. The summed E-state index contributed by atoms with van der Waals surface area (Å²) in [7, 11) is 1.57. The first-order valence-electron chi connectivity index (χ1n) is 4.89. The molecule has 2 aromatic heterocycles. The number of tetrazole rings is 1. The molecule has 0 fully saturated rings. The van der Waals surface area contributed by atoms with Crippen LogP contribution in [0, 0.1) is 6.67 Å². The first kappa shape index (κ1) is 10.4. The van der Waals surface area contributed by atoms with Gasteiger partial charge in [0.15, 0.2) is 18.1 Å². The van der Waals surface area contributed by atoms with Crippen LogP contribution >= 0.6 is 0 Å². The van der Waals surface area contributed by atoms with E-state index in [1.165, 1.54) is 16.3 Å². The lowest BCUT2D eigenvalue weighted by atomic mass is 10.4. The van der Waals surface area contributed by atoms with E-state index in [9.17, 15) is 9.90 Å². The third-order valence-electron chi connectivity index (χ3n) is 2.25. The molecule has 0 spiro atoms. The largest absolute Gasteiger partial charge is 0.488 e. The van der Waals surface area contributed by atoms with Crippen molar-refractivity contribution in [2.75, 3.05) is 11.9 Å². The van der Waals surface area contributed by atoms with Gasteiger partial charge < -0.3 is 5.11 Å². The first-order chi connectivity index (χ1) is 8.65. The van der Waals surface area contributed by atoms with Gasteiger partial charge in [0.2, 0.25) is 0 Å². The number of hydrazone groups is 1. The van der Waals surface area contributed by atoms with E-state index in [-0.39, 0.29) is 5.82 Å². The van der Waals surface area contributed by atoms with Crippen LogP contribution in [0.4, 0.5) is 5.82 Å². The number of fused-ring (bicyclic) bond motifs is 1. The van der Waals surface area contributed by atoms with Crippen LogP contribution in [0.2, 0.25) is 0 Å². The molecule has 0 saturated carbocycles. The van der Waals surface area contributed by atoms with Crippen LogP contribution in [0.1, 0.15) is 0 Å². The van der Waals surface area contributed by atoms with Crippen LogP contribution < -0.4 is 4.90 Å². The van der Waals surface area contributed by atoms with Gasteiger partial charge in [-0.05, 0) is 22.6 Å². The van der Waals surface area contributed by atoms with Gasteiger partial charge in [0.1, 0.15) is 0 Å². The van der Waals surface area contributed by atoms with Gasteiger partial charge in [0.25, 0.3) is 5.90 Å². The highest BCUT2D eigenvalue weighted by Gasteiger charge is 2.29. The van der Waals surface area contributed by atoms with Crippen molar-refractivity contribution in [2.24, 2.45) is 5.10 Å². The molecule has 10 nitrogen and oxygen atoms in total. The second-order valence-corrected chi connectivity index (χ2v) is 3.51. The SMILES string of the molecule is CN1[CH]N(c2ccc3nnnn3n2)C(=O)C(O)=N1. The van der Waals surface area contributed by atoms with E-state index in [1.54, 1.807) is 19.2 Å². The van der Waals surface area contributed by atoms with E-state index in [4.69, 9.17) is 0 Å². The monoisotopic (exact) mass is 247 g/mol. The maximum Gasteiger partial charge on any atom is 0.318 e. The number of anilines is 1. The smallest absolute Gasteiger partial charge is 0.318 e. The van der Waals surface area contributed by atoms with Gasteiger partial charge in [-0.15, -0.1) is 19.9 Å². The highest BCUT2D eigenvalue weighted by atomic mass is 16.3. The van der Waals surface area contributed by atoms with Gasteiger partial charge in [-0.25, -0.2) is 0 Å². The van der Waals surface area contributed by atoms with E-state index in [0.717, 1.165) is 4.90 Å². The number of nitrogens with zero attached hydrogens (tertiary/aromatic N) is 8. The molecule has 91 valence electrons. The lowest BCUT2D eigenvalue weighted by Crippen LogP contribution is -2.44. The Labute approximate surface area is 100 Å². The molecule has 0 atom stereocenters. The number of carbonyl (C=O) groups is 1. The molecule has 18 heavy (non-hydrogen) atoms. The summed E-state index contributed by atoms with van der Waals surface area (Å²) in [5, 5.41) is 29.0. The van der Waals surface area contributed by atoms with Crippen molar-refractivity contribution in [2.45, 2.75) is 0 Å². The third-order valence-corrected chi connectivity index (χ3v) is 2.25. The molecule has 1 amide bonds. The second kappa shape index (κ2) is 3.61. The maximum absolute atomic E-state index is 11.7. The third kappa shape index (κ3) is 1.50. The number of hydrogen-bond donors (Lipinski definition) is 1. The molecule has 3 rings (SSSR count). The molecule has 1 N–H and O–H groups in total. The summed E-state index contributed by atoms with van der Waals surface area (Å²) < 4.78 is 1.18. The van der Waals surface area contributed by atoms with Crippen molar-refractivity contribution in [3.8, 4) is 0 Å². The molecule has 0 unspecified atom stereocenters. The summed E-state index contributed by atoms with van der Waals surface area (Å²) in [5.41, 5.74) is 0.453. The standard InChI is InChI=1S/C8H7N8O2/c1-14-4-15(8(18)7(17)11-14)6-3-2-5-9-12-13-16(5)10-6/h2-4H,1H3,(H,11,17). The molecule has 3 heterocycles.